The molecular weight excluding hydrogens is 241 g/mol. The van der Waals surface area contributed by atoms with Crippen LogP contribution in [0.4, 0.5) is 4.39 Å². The van der Waals surface area contributed by atoms with E-state index in [-0.39, 0.29) is 17.9 Å². The maximum absolute atomic E-state index is 13.2. The lowest BCUT2D eigenvalue weighted by molar-refractivity contribution is 0.467. The molecule has 0 saturated heterocycles. The molecule has 0 aliphatic carbocycles. The maximum atomic E-state index is 13.2. The van der Waals surface area contributed by atoms with Crippen LogP contribution in [0.1, 0.15) is 48.6 Å². The van der Waals surface area contributed by atoms with E-state index in [0.29, 0.717) is 0 Å². The fourth-order valence-electron chi connectivity index (χ4n) is 2.42. The molecule has 0 aliphatic heterocycles. The van der Waals surface area contributed by atoms with E-state index >= 15 is 0 Å². The summed E-state index contributed by atoms with van der Waals surface area (Å²) in [5.41, 5.74) is 2.10. The Balaban J connectivity index is 2.10. The molecule has 0 bridgehead atoms. The van der Waals surface area contributed by atoms with Gasteiger partial charge in [-0.2, -0.15) is 0 Å². The van der Waals surface area contributed by atoms with Gasteiger partial charge in [0, 0.05) is 17.6 Å². The average molecular weight is 261 g/mol. The van der Waals surface area contributed by atoms with Gasteiger partial charge < -0.3 is 9.73 Å². The van der Waals surface area contributed by atoms with Gasteiger partial charge in [-0.15, -0.1) is 0 Å². The highest BCUT2D eigenvalue weighted by Crippen LogP contribution is 2.24. The lowest BCUT2D eigenvalue weighted by Gasteiger charge is -2.20. The van der Waals surface area contributed by atoms with Gasteiger partial charge >= 0.3 is 0 Å². The zero-order valence-corrected chi connectivity index (χ0v) is 11.8. The van der Waals surface area contributed by atoms with Crippen LogP contribution in [0.2, 0.25) is 0 Å². The van der Waals surface area contributed by atoms with Gasteiger partial charge in [0.15, 0.2) is 0 Å². The van der Waals surface area contributed by atoms with Crippen molar-refractivity contribution >= 4 is 0 Å². The number of hydrogen-bond donors (Lipinski definition) is 1. The third kappa shape index (κ3) is 3.24. The molecule has 1 aromatic heterocycles. The van der Waals surface area contributed by atoms with Gasteiger partial charge in [-0.05, 0) is 51.5 Å². The highest BCUT2D eigenvalue weighted by Gasteiger charge is 2.15. The Morgan fingerprint density at radius 3 is 2.42 bits per heavy atom. The predicted molar refractivity (Wildman–Crippen MR) is 74.5 cm³/mol. The van der Waals surface area contributed by atoms with Gasteiger partial charge in [-0.1, -0.05) is 12.1 Å². The number of halogens is 1. The zero-order valence-electron chi connectivity index (χ0n) is 11.8. The lowest BCUT2D eigenvalue weighted by Crippen LogP contribution is -2.22. The quantitative estimate of drug-likeness (QED) is 0.879. The average Bonchev–Trinajstić information content (AvgIpc) is 2.68. The van der Waals surface area contributed by atoms with Crippen LogP contribution in [-0.4, -0.2) is 0 Å². The Morgan fingerprint density at radius 1 is 1.11 bits per heavy atom. The van der Waals surface area contributed by atoms with Crippen molar-refractivity contribution in [3.8, 4) is 0 Å². The Bertz CT molecular complexity index is 562. The van der Waals surface area contributed by atoms with E-state index in [9.17, 15) is 4.39 Å². The van der Waals surface area contributed by atoms with Crippen LogP contribution in [-0.2, 0) is 0 Å². The Morgan fingerprint density at radius 2 is 1.84 bits per heavy atom. The molecule has 1 heterocycles. The van der Waals surface area contributed by atoms with E-state index < -0.39 is 0 Å². The van der Waals surface area contributed by atoms with Gasteiger partial charge in [0.1, 0.15) is 17.3 Å². The molecule has 19 heavy (non-hydrogen) atoms. The van der Waals surface area contributed by atoms with Gasteiger partial charge in [0.25, 0.3) is 0 Å². The number of aryl methyl sites for hydroxylation is 2. The largest absolute Gasteiger partial charge is 0.466 e. The van der Waals surface area contributed by atoms with Gasteiger partial charge in [0.05, 0.1) is 0 Å². The number of nitrogens with one attached hydrogen (secondary N) is 1. The normalized spacial score (nSPS) is 14.4. The lowest BCUT2D eigenvalue weighted by atomic mass is 10.0. The second kappa shape index (κ2) is 5.57. The molecule has 2 atom stereocenters. The van der Waals surface area contributed by atoms with Crippen LogP contribution in [0, 0.1) is 19.7 Å². The molecule has 2 nitrogen and oxygen atoms in total. The molecule has 0 saturated carbocycles. The smallest absolute Gasteiger partial charge is 0.123 e. The maximum Gasteiger partial charge on any atom is 0.123 e. The third-order valence-electron chi connectivity index (χ3n) is 3.39. The highest BCUT2D eigenvalue weighted by molar-refractivity contribution is 5.25. The minimum atomic E-state index is -0.200. The molecule has 1 unspecified atom stereocenters. The fourth-order valence-corrected chi connectivity index (χ4v) is 2.42. The first-order chi connectivity index (χ1) is 8.97. The van der Waals surface area contributed by atoms with E-state index in [1.54, 1.807) is 12.1 Å². The number of furan rings is 1. The van der Waals surface area contributed by atoms with E-state index in [1.807, 2.05) is 32.9 Å². The van der Waals surface area contributed by atoms with Crippen LogP contribution < -0.4 is 5.32 Å². The van der Waals surface area contributed by atoms with Crippen LogP contribution >= 0.6 is 0 Å². The highest BCUT2D eigenvalue weighted by atomic mass is 19.1. The van der Waals surface area contributed by atoms with E-state index in [2.05, 4.69) is 12.2 Å². The molecule has 0 fully saturated rings. The Hall–Kier alpha value is -1.61. The molecule has 0 amide bonds. The SMILES string of the molecule is Cc1cc(C(C)N[C@H](C)c2cccc(F)c2)c(C)o1. The molecule has 3 heteroatoms. The summed E-state index contributed by atoms with van der Waals surface area (Å²) in [7, 11) is 0. The summed E-state index contributed by atoms with van der Waals surface area (Å²) in [4.78, 5) is 0. The standard InChI is InChI=1S/C16H20FNO/c1-10-8-16(13(4)19-10)12(3)18-11(2)14-6-5-7-15(17)9-14/h5-9,11-12,18H,1-4H3/t11-,12?/m1/s1. The summed E-state index contributed by atoms with van der Waals surface area (Å²) in [5, 5.41) is 3.47. The van der Waals surface area contributed by atoms with Crippen molar-refractivity contribution in [2.45, 2.75) is 39.8 Å². The predicted octanol–water partition coefficient (Wildman–Crippen LogP) is 4.45. The second-order valence-corrected chi connectivity index (χ2v) is 5.03. The minimum absolute atomic E-state index is 0.0836. The van der Waals surface area contributed by atoms with Gasteiger partial charge in [-0.25, -0.2) is 4.39 Å². The van der Waals surface area contributed by atoms with Crippen molar-refractivity contribution in [2.75, 3.05) is 0 Å². The number of hydrogen-bond acceptors (Lipinski definition) is 2. The summed E-state index contributed by atoms with van der Waals surface area (Å²) < 4.78 is 18.8. The summed E-state index contributed by atoms with van der Waals surface area (Å²) in [6, 6.07) is 8.99. The summed E-state index contributed by atoms with van der Waals surface area (Å²) in [5.74, 6) is 1.65. The van der Waals surface area contributed by atoms with Crippen molar-refractivity contribution in [2.24, 2.45) is 0 Å². The summed E-state index contributed by atoms with van der Waals surface area (Å²) in [6.45, 7) is 8.03. The number of benzene rings is 1. The Kier molecular flexibility index (Phi) is 4.05. The van der Waals surface area contributed by atoms with Crippen molar-refractivity contribution in [1.29, 1.82) is 0 Å². The molecule has 0 spiro atoms. The fraction of sp³-hybridized carbons (Fsp3) is 0.375. The topological polar surface area (TPSA) is 25.2 Å². The van der Waals surface area contributed by atoms with Crippen molar-refractivity contribution in [3.63, 3.8) is 0 Å². The van der Waals surface area contributed by atoms with Crippen LogP contribution in [0.3, 0.4) is 0 Å². The van der Waals surface area contributed by atoms with E-state index in [0.717, 1.165) is 22.6 Å². The molecule has 2 aromatic rings. The van der Waals surface area contributed by atoms with Crippen LogP contribution in [0.15, 0.2) is 34.7 Å². The molecule has 2 rings (SSSR count). The van der Waals surface area contributed by atoms with Crippen LogP contribution in [0.25, 0.3) is 0 Å². The van der Waals surface area contributed by atoms with Crippen LogP contribution in [0.5, 0.6) is 0 Å². The number of rotatable bonds is 4. The first kappa shape index (κ1) is 13.8. The molecule has 1 N–H and O–H groups in total. The molecule has 0 aliphatic rings. The van der Waals surface area contributed by atoms with Gasteiger partial charge in [-0.3, -0.25) is 0 Å². The summed E-state index contributed by atoms with van der Waals surface area (Å²) >= 11 is 0. The molecule has 1 aromatic carbocycles. The summed E-state index contributed by atoms with van der Waals surface area (Å²) in [6.07, 6.45) is 0. The van der Waals surface area contributed by atoms with E-state index in [4.69, 9.17) is 4.42 Å². The molecule has 0 radical (unpaired) electrons. The first-order valence-electron chi connectivity index (χ1n) is 6.56. The minimum Gasteiger partial charge on any atom is -0.466 e. The zero-order chi connectivity index (χ0) is 14.0. The first-order valence-corrected chi connectivity index (χ1v) is 6.56. The van der Waals surface area contributed by atoms with Crippen molar-refractivity contribution in [1.82, 2.24) is 5.32 Å². The molecular formula is C16H20FNO. The van der Waals surface area contributed by atoms with Crippen molar-refractivity contribution in [3.05, 3.63) is 58.8 Å². The van der Waals surface area contributed by atoms with Gasteiger partial charge in [0.2, 0.25) is 0 Å². The Labute approximate surface area is 113 Å². The second-order valence-electron chi connectivity index (χ2n) is 5.03. The molecule has 102 valence electrons. The third-order valence-corrected chi connectivity index (χ3v) is 3.39. The van der Waals surface area contributed by atoms with Crippen molar-refractivity contribution < 1.29 is 8.81 Å². The van der Waals surface area contributed by atoms with E-state index in [1.165, 1.54) is 6.07 Å². The monoisotopic (exact) mass is 261 g/mol.